The first-order chi connectivity index (χ1) is 13.9. The van der Waals surface area contributed by atoms with Crippen molar-refractivity contribution < 1.29 is 22.7 Å². The van der Waals surface area contributed by atoms with E-state index in [0.717, 1.165) is 25.7 Å². The van der Waals surface area contributed by atoms with Gasteiger partial charge in [-0.05, 0) is 56.6 Å². The van der Waals surface area contributed by atoms with Gasteiger partial charge in [0.2, 0.25) is 15.9 Å². The maximum atomic E-state index is 13.0. The smallest absolute Gasteiger partial charge is 0.243 e. The van der Waals surface area contributed by atoms with Crippen LogP contribution in [0.2, 0.25) is 0 Å². The zero-order valence-electron chi connectivity index (χ0n) is 16.9. The number of methoxy groups -OCH3 is 1. The molecule has 1 N–H and O–H groups in total. The van der Waals surface area contributed by atoms with Crippen molar-refractivity contribution in [2.24, 2.45) is 5.92 Å². The zero-order chi connectivity index (χ0) is 20.5. The lowest BCUT2D eigenvalue weighted by atomic mass is 9.78. The van der Waals surface area contributed by atoms with E-state index in [4.69, 9.17) is 9.47 Å². The minimum Gasteiger partial charge on any atom is -0.497 e. The molecule has 1 aliphatic carbocycles. The summed E-state index contributed by atoms with van der Waals surface area (Å²) in [5.41, 5.74) is -0.302. The van der Waals surface area contributed by atoms with Crippen LogP contribution in [0.3, 0.4) is 0 Å². The van der Waals surface area contributed by atoms with Crippen LogP contribution >= 0.6 is 0 Å². The second-order valence-electron chi connectivity index (χ2n) is 8.52. The molecular weight excluding hydrogens is 392 g/mol. The summed E-state index contributed by atoms with van der Waals surface area (Å²) >= 11 is 0. The lowest BCUT2D eigenvalue weighted by Crippen LogP contribution is -2.51. The maximum absolute atomic E-state index is 13.0. The topological polar surface area (TPSA) is 84.9 Å². The van der Waals surface area contributed by atoms with Gasteiger partial charge in [0.05, 0.1) is 17.6 Å². The van der Waals surface area contributed by atoms with Gasteiger partial charge in [0, 0.05) is 38.2 Å². The highest BCUT2D eigenvalue weighted by Crippen LogP contribution is 2.40. The van der Waals surface area contributed by atoms with Crippen LogP contribution in [0.1, 0.15) is 44.9 Å². The second-order valence-corrected chi connectivity index (χ2v) is 10.5. The number of carbonyl (C=O) groups excluding carboxylic acids is 1. The Labute approximate surface area is 172 Å². The summed E-state index contributed by atoms with van der Waals surface area (Å²) in [4.78, 5) is 12.4. The lowest BCUT2D eigenvalue weighted by molar-refractivity contribution is -0.132. The van der Waals surface area contributed by atoms with E-state index < -0.39 is 10.0 Å². The molecule has 1 aromatic carbocycles. The largest absolute Gasteiger partial charge is 0.497 e. The molecule has 1 atom stereocenters. The predicted molar refractivity (Wildman–Crippen MR) is 108 cm³/mol. The number of carbonyl (C=O) groups is 1. The molecule has 3 aliphatic rings. The van der Waals surface area contributed by atoms with Gasteiger partial charge in [-0.15, -0.1) is 0 Å². The fraction of sp³-hybridized carbons (Fsp3) is 0.667. The van der Waals surface area contributed by atoms with Crippen LogP contribution < -0.4 is 10.1 Å². The Bertz CT molecular complexity index is 844. The monoisotopic (exact) mass is 422 g/mol. The molecule has 8 heteroatoms. The molecule has 4 rings (SSSR count). The number of ether oxygens (including phenoxy) is 2. The first-order valence-corrected chi connectivity index (χ1v) is 11.9. The zero-order valence-corrected chi connectivity index (χ0v) is 17.7. The Hall–Kier alpha value is -1.64. The van der Waals surface area contributed by atoms with Crippen LogP contribution in [0.15, 0.2) is 29.2 Å². The van der Waals surface area contributed by atoms with E-state index in [1.54, 1.807) is 28.6 Å². The molecule has 2 aliphatic heterocycles. The number of hydrogen-bond donors (Lipinski definition) is 1. The predicted octanol–water partition coefficient (Wildman–Crippen LogP) is 2.31. The summed E-state index contributed by atoms with van der Waals surface area (Å²) in [6.07, 6.45) is 5.80. The second kappa shape index (κ2) is 8.24. The Morgan fingerprint density at radius 2 is 2.03 bits per heavy atom. The SMILES string of the molecule is COc1cccc(S(=O)(=O)N2CCC3(CC2)CC(CC(=O)NC2CC2)CCO3)c1. The van der Waals surface area contributed by atoms with Gasteiger partial charge >= 0.3 is 0 Å². The molecule has 1 unspecified atom stereocenters. The van der Waals surface area contributed by atoms with E-state index >= 15 is 0 Å². The summed E-state index contributed by atoms with van der Waals surface area (Å²) in [6.45, 7) is 1.51. The van der Waals surface area contributed by atoms with Crippen LogP contribution in [0.5, 0.6) is 5.75 Å². The van der Waals surface area contributed by atoms with Crippen molar-refractivity contribution in [2.75, 3.05) is 26.8 Å². The fourth-order valence-electron chi connectivity index (χ4n) is 4.47. The number of hydrogen-bond acceptors (Lipinski definition) is 5. The summed E-state index contributed by atoms with van der Waals surface area (Å²) in [7, 11) is -2.03. The molecular formula is C21H30N2O5S. The molecule has 0 radical (unpaired) electrons. The molecule has 3 fully saturated rings. The number of nitrogens with zero attached hydrogens (tertiary/aromatic N) is 1. The number of amides is 1. The summed E-state index contributed by atoms with van der Waals surface area (Å²) in [6, 6.07) is 6.98. The maximum Gasteiger partial charge on any atom is 0.243 e. The molecule has 1 amide bonds. The fourth-order valence-corrected chi connectivity index (χ4v) is 5.95. The number of rotatable bonds is 6. The highest BCUT2D eigenvalue weighted by Gasteiger charge is 2.43. The molecule has 7 nitrogen and oxygen atoms in total. The summed E-state index contributed by atoms with van der Waals surface area (Å²) in [5.74, 6) is 0.985. The molecule has 29 heavy (non-hydrogen) atoms. The van der Waals surface area contributed by atoms with Gasteiger partial charge in [-0.2, -0.15) is 4.31 Å². The number of nitrogens with one attached hydrogen (secondary N) is 1. The van der Waals surface area contributed by atoms with E-state index in [1.807, 2.05) is 0 Å². The van der Waals surface area contributed by atoms with Gasteiger partial charge in [0.1, 0.15) is 5.75 Å². The average Bonchev–Trinajstić information content (AvgIpc) is 3.52. The van der Waals surface area contributed by atoms with E-state index in [0.29, 0.717) is 56.7 Å². The molecule has 1 saturated carbocycles. The highest BCUT2D eigenvalue weighted by molar-refractivity contribution is 7.89. The first-order valence-electron chi connectivity index (χ1n) is 10.5. The van der Waals surface area contributed by atoms with Crippen molar-refractivity contribution in [1.29, 1.82) is 0 Å². The van der Waals surface area contributed by atoms with E-state index in [-0.39, 0.29) is 16.4 Å². The third-order valence-corrected chi connectivity index (χ3v) is 8.22. The highest BCUT2D eigenvalue weighted by atomic mass is 32.2. The van der Waals surface area contributed by atoms with E-state index in [2.05, 4.69) is 5.32 Å². The third kappa shape index (κ3) is 4.75. The van der Waals surface area contributed by atoms with Gasteiger partial charge in [0.15, 0.2) is 0 Å². The number of piperidine rings is 1. The van der Waals surface area contributed by atoms with Gasteiger partial charge in [-0.3, -0.25) is 4.79 Å². The standard InChI is InChI=1S/C21H30N2O5S/c1-27-18-3-2-4-19(14-18)29(25,26)23-10-8-21(9-11-23)15-16(7-12-28-21)13-20(24)22-17-5-6-17/h2-4,14,16-17H,5-13,15H2,1H3,(H,22,24). The molecule has 0 bridgehead atoms. The molecule has 1 spiro atoms. The average molecular weight is 423 g/mol. The lowest BCUT2D eigenvalue weighted by Gasteiger charge is -2.45. The van der Waals surface area contributed by atoms with Crippen LogP contribution in [0, 0.1) is 5.92 Å². The van der Waals surface area contributed by atoms with Gasteiger partial charge in [0.25, 0.3) is 0 Å². The number of benzene rings is 1. The van der Waals surface area contributed by atoms with Gasteiger partial charge in [-0.1, -0.05) is 6.07 Å². The molecule has 2 saturated heterocycles. The van der Waals surface area contributed by atoms with Crippen LogP contribution in [-0.4, -0.2) is 57.1 Å². The van der Waals surface area contributed by atoms with E-state index in [1.165, 1.54) is 7.11 Å². The van der Waals surface area contributed by atoms with Crippen molar-refractivity contribution in [2.45, 2.75) is 61.5 Å². The van der Waals surface area contributed by atoms with Crippen LogP contribution in [0.4, 0.5) is 0 Å². The van der Waals surface area contributed by atoms with Gasteiger partial charge in [-0.25, -0.2) is 8.42 Å². The third-order valence-electron chi connectivity index (χ3n) is 6.32. The van der Waals surface area contributed by atoms with Crippen molar-refractivity contribution in [1.82, 2.24) is 9.62 Å². The Morgan fingerprint density at radius 3 is 2.72 bits per heavy atom. The molecule has 2 heterocycles. The Balaban J connectivity index is 1.36. The summed E-state index contributed by atoms with van der Waals surface area (Å²) < 4.78 is 38.9. The number of sulfonamides is 1. The van der Waals surface area contributed by atoms with Crippen molar-refractivity contribution in [3.63, 3.8) is 0 Å². The molecule has 160 valence electrons. The molecule has 0 aromatic heterocycles. The molecule has 1 aromatic rings. The minimum absolute atomic E-state index is 0.146. The van der Waals surface area contributed by atoms with E-state index in [9.17, 15) is 13.2 Å². The Kier molecular flexibility index (Phi) is 5.86. The summed E-state index contributed by atoms with van der Waals surface area (Å²) in [5, 5.41) is 3.07. The minimum atomic E-state index is -3.56. The van der Waals surface area contributed by atoms with Crippen molar-refractivity contribution >= 4 is 15.9 Å². The normalized spacial score (nSPS) is 24.9. The first kappa shape index (κ1) is 20.6. The van der Waals surface area contributed by atoms with Crippen LogP contribution in [0.25, 0.3) is 0 Å². The quantitative estimate of drug-likeness (QED) is 0.761. The van der Waals surface area contributed by atoms with Crippen molar-refractivity contribution in [3.8, 4) is 5.75 Å². The van der Waals surface area contributed by atoms with Gasteiger partial charge < -0.3 is 14.8 Å². The van der Waals surface area contributed by atoms with Crippen molar-refractivity contribution in [3.05, 3.63) is 24.3 Å². The Morgan fingerprint density at radius 1 is 1.28 bits per heavy atom. The van der Waals surface area contributed by atoms with Crippen LogP contribution in [-0.2, 0) is 19.6 Å².